The van der Waals surface area contributed by atoms with E-state index in [9.17, 15) is 4.79 Å². The third-order valence-electron chi connectivity index (χ3n) is 3.86. The molecule has 6 nitrogen and oxygen atoms in total. The lowest BCUT2D eigenvalue weighted by atomic mass is 10.1. The highest BCUT2D eigenvalue weighted by Gasteiger charge is 2.18. The predicted molar refractivity (Wildman–Crippen MR) is 95.2 cm³/mol. The van der Waals surface area contributed by atoms with Gasteiger partial charge >= 0.3 is 0 Å². The fraction of sp³-hybridized carbons (Fsp3) is 0.400. The maximum Gasteiger partial charge on any atom is 0.277 e. The number of hydrogen-bond donors (Lipinski definition) is 2. The van der Waals surface area contributed by atoms with Crippen LogP contribution in [0.25, 0.3) is 0 Å². The Balaban J connectivity index is 0.00000192. The number of carbonyl (C=O) groups is 1. The average molecular weight is 401 g/mol. The normalized spacial score (nSPS) is 15.0. The van der Waals surface area contributed by atoms with Gasteiger partial charge in [-0.25, -0.2) is 4.68 Å². The zero-order valence-electron chi connectivity index (χ0n) is 12.8. The van der Waals surface area contributed by atoms with E-state index in [0.717, 1.165) is 41.7 Å². The molecule has 1 fully saturated rings. The van der Waals surface area contributed by atoms with Crippen molar-refractivity contribution in [2.24, 2.45) is 0 Å². The van der Waals surface area contributed by atoms with Gasteiger partial charge in [-0.15, -0.1) is 17.5 Å². The summed E-state index contributed by atoms with van der Waals surface area (Å²) in [5.74, 6) is -0.240. The number of aryl methyl sites for hydroxylation is 1. The molecule has 1 aliphatic rings. The second-order valence-electron chi connectivity index (χ2n) is 5.48. The van der Waals surface area contributed by atoms with Crippen LogP contribution in [0.15, 0.2) is 28.9 Å². The zero-order chi connectivity index (χ0) is 15.5. The molecule has 2 heterocycles. The fourth-order valence-corrected chi connectivity index (χ4v) is 2.87. The van der Waals surface area contributed by atoms with Crippen molar-refractivity contribution in [3.05, 3.63) is 40.1 Å². The SMILES string of the molecule is Cc1ccc(NC(=O)c2cn(C3CCNCC3)nn2)cc1Br.Cl. The van der Waals surface area contributed by atoms with Crippen LogP contribution in [0.3, 0.4) is 0 Å². The molecule has 1 aromatic carbocycles. The van der Waals surface area contributed by atoms with Crippen LogP contribution < -0.4 is 10.6 Å². The summed E-state index contributed by atoms with van der Waals surface area (Å²) < 4.78 is 2.77. The van der Waals surface area contributed by atoms with Crippen molar-refractivity contribution < 1.29 is 4.79 Å². The number of carbonyl (C=O) groups excluding carboxylic acids is 1. The highest BCUT2D eigenvalue weighted by atomic mass is 79.9. The van der Waals surface area contributed by atoms with Gasteiger partial charge in [0.05, 0.1) is 12.2 Å². The Kier molecular flexibility index (Phi) is 6.15. The summed E-state index contributed by atoms with van der Waals surface area (Å²) in [6.07, 6.45) is 3.75. The Morgan fingerprint density at radius 3 is 2.83 bits per heavy atom. The lowest BCUT2D eigenvalue weighted by Gasteiger charge is -2.22. The molecule has 3 rings (SSSR count). The van der Waals surface area contributed by atoms with Crippen LogP contribution in [-0.4, -0.2) is 34.0 Å². The smallest absolute Gasteiger partial charge is 0.277 e. The van der Waals surface area contributed by atoms with Crippen molar-refractivity contribution in [3.8, 4) is 0 Å². The van der Waals surface area contributed by atoms with Crippen LogP contribution >= 0.6 is 28.3 Å². The van der Waals surface area contributed by atoms with E-state index in [1.54, 1.807) is 10.9 Å². The summed E-state index contributed by atoms with van der Waals surface area (Å²) in [7, 11) is 0. The number of benzene rings is 1. The Bertz CT molecular complexity index is 684. The summed E-state index contributed by atoms with van der Waals surface area (Å²) in [5, 5.41) is 14.3. The van der Waals surface area contributed by atoms with Crippen molar-refractivity contribution in [1.82, 2.24) is 20.3 Å². The van der Waals surface area contributed by atoms with E-state index in [1.165, 1.54) is 0 Å². The van der Waals surface area contributed by atoms with E-state index < -0.39 is 0 Å². The molecule has 1 amide bonds. The largest absolute Gasteiger partial charge is 0.321 e. The third kappa shape index (κ3) is 4.31. The topological polar surface area (TPSA) is 71.8 Å². The first-order valence-corrected chi connectivity index (χ1v) is 8.13. The van der Waals surface area contributed by atoms with Crippen LogP contribution in [0.5, 0.6) is 0 Å². The van der Waals surface area contributed by atoms with Gasteiger partial charge in [-0.1, -0.05) is 27.2 Å². The minimum absolute atomic E-state index is 0. The molecule has 2 N–H and O–H groups in total. The minimum Gasteiger partial charge on any atom is -0.321 e. The number of anilines is 1. The van der Waals surface area contributed by atoms with Gasteiger partial charge in [0.25, 0.3) is 5.91 Å². The Labute approximate surface area is 149 Å². The number of hydrogen-bond acceptors (Lipinski definition) is 4. The molecular formula is C15H19BrClN5O. The monoisotopic (exact) mass is 399 g/mol. The molecule has 8 heteroatoms. The highest BCUT2D eigenvalue weighted by molar-refractivity contribution is 9.10. The number of piperidine rings is 1. The molecule has 1 aliphatic heterocycles. The fourth-order valence-electron chi connectivity index (χ4n) is 2.50. The Morgan fingerprint density at radius 1 is 1.39 bits per heavy atom. The minimum atomic E-state index is -0.240. The van der Waals surface area contributed by atoms with E-state index in [-0.39, 0.29) is 18.3 Å². The molecule has 1 saturated heterocycles. The van der Waals surface area contributed by atoms with Crippen molar-refractivity contribution in [1.29, 1.82) is 0 Å². The maximum atomic E-state index is 12.3. The number of nitrogens with zero attached hydrogens (tertiary/aromatic N) is 3. The Morgan fingerprint density at radius 2 is 2.13 bits per heavy atom. The molecule has 124 valence electrons. The van der Waals surface area contributed by atoms with Crippen LogP contribution in [0.4, 0.5) is 5.69 Å². The van der Waals surface area contributed by atoms with Gasteiger partial charge in [0.1, 0.15) is 0 Å². The van der Waals surface area contributed by atoms with Crippen molar-refractivity contribution in [3.63, 3.8) is 0 Å². The van der Waals surface area contributed by atoms with Gasteiger partial charge in [-0.2, -0.15) is 0 Å². The standard InChI is InChI=1S/C15H18BrN5O.ClH/c1-10-2-3-11(8-13(10)16)18-15(22)14-9-21(20-19-14)12-4-6-17-7-5-12;/h2-3,8-9,12,17H,4-7H2,1H3,(H,18,22);1H. The molecule has 1 aromatic heterocycles. The van der Waals surface area contributed by atoms with E-state index in [2.05, 4.69) is 36.9 Å². The van der Waals surface area contributed by atoms with Crippen molar-refractivity contribution in [2.45, 2.75) is 25.8 Å². The molecule has 0 atom stereocenters. The first kappa shape index (κ1) is 17.9. The lowest BCUT2D eigenvalue weighted by molar-refractivity contribution is 0.102. The second-order valence-corrected chi connectivity index (χ2v) is 6.34. The summed E-state index contributed by atoms with van der Waals surface area (Å²) in [5.41, 5.74) is 2.20. The van der Waals surface area contributed by atoms with Gasteiger partial charge in [0.2, 0.25) is 0 Å². The predicted octanol–water partition coefficient (Wildman–Crippen LogP) is 2.95. The van der Waals surface area contributed by atoms with E-state index >= 15 is 0 Å². The molecule has 0 spiro atoms. The van der Waals surface area contributed by atoms with Crippen LogP contribution in [0, 0.1) is 6.92 Å². The quantitative estimate of drug-likeness (QED) is 0.831. The van der Waals surface area contributed by atoms with E-state index in [0.29, 0.717) is 11.7 Å². The summed E-state index contributed by atoms with van der Waals surface area (Å²) in [4.78, 5) is 12.3. The lowest BCUT2D eigenvalue weighted by Crippen LogP contribution is -2.29. The zero-order valence-corrected chi connectivity index (χ0v) is 15.2. The van der Waals surface area contributed by atoms with Gasteiger partial charge in [0, 0.05) is 10.2 Å². The Hall–Kier alpha value is -1.44. The average Bonchev–Trinajstić information content (AvgIpc) is 3.02. The van der Waals surface area contributed by atoms with Crippen LogP contribution in [0.1, 0.15) is 34.9 Å². The number of nitrogens with one attached hydrogen (secondary N) is 2. The molecule has 0 saturated carbocycles. The van der Waals surface area contributed by atoms with Crippen molar-refractivity contribution >= 4 is 39.9 Å². The first-order chi connectivity index (χ1) is 10.6. The van der Waals surface area contributed by atoms with Crippen LogP contribution in [-0.2, 0) is 0 Å². The highest BCUT2D eigenvalue weighted by Crippen LogP contribution is 2.21. The number of rotatable bonds is 3. The van der Waals surface area contributed by atoms with E-state index in [1.807, 2.05) is 25.1 Å². The molecule has 23 heavy (non-hydrogen) atoms. The summed E-state index contributed by atoms with van der Waals surface area (Å²) >= 11 is 3.46. The molecule has 2 aromatic rings. The van der Waals surface area contributed by atoms with Gasteiger partial charge in [-0.3, -0.25) is 4.79 Å². The maximum absolute atomic E-state index is 12.3. The molecular weight excluding hydrogens is 382 g/mol. The summed E-state index contributed by atoms with van der Waals surface area (Å²) in [6, 6.07) is 6.02. The van der Waals surface area contributed by atoms with E-state index in [4.69, 9.17) is 0 Å². The van der Waals surface area contributed by atoms with Crippen LogP contribution in [0.2, 0.25) is 0 Å². The third-order valence-corrected chi connectivity index (χ3v) is 4.71. The number of amides is 1. The van der Waals surface area contributed by atoms with Gasteiger partial charge in [0.15, 0.2) is 5.69 Å². The van der Waals surface area contributed by atoms with Gasteiger partial charge in [-0.05, 0) is 50.6 Å². The first-order valence-electron chi connectivity index (χ1n) is 7.33. The number of halogens is 2. The van der Waals surface area contributed by atoms with Gasteiger partial charge < -0.3 is 10.6 Å². The second kappa shape index (κ2) is 7.90. The molecule has 0 unspecified atom stereocenters. The number of aromatic nitrogens is 3. The summed E-state index contributed by atoms with van der Waals surface area (Å²) in [6.45, 7) is 3.95. The molecule has 0 radical (unpaired) electrons. The van der Waals surface area contributed by atoms with Crippen molar-refractivity contribution in [2.75, 3.05) is 18.4 Å². The molecule has 0 aliphatic carbocycles. The molecule has 0 bridgehead atoms.